The van der Waals surface area contributed by atoms with Crippen LogP contribution in [-0.2, 0) is 6.42 Å². The molecule has 19 heavy (non-hydrogen) atoms. The Bertz CT molecular complexity index is 604. The number of nitrogens with zero attached hydrogens (tertiary/aromatic N) is 2. The molecule has 0 spiro atoms. The second kappa shape index (κ2) is 4.84. The van der Waals surface area contributed by atoms with Crippen LogP contribution in [0.2, 0.25) is 0 Å². The summed E-state index contributed by atoms with van der Waals surface area (Å²) in [5, 5.41) is 0. The van der Waals surface area contributed by atoms with E-state index in [2.05, 4.69) is 34.1 Å². The van der Waals surface area contributed by atoms with E-state index in [4.69, 9.17) is 0 Å². The molecule has 1 aliphatic rings. The first kappa shape index (κ1) is 11.9. The van der Waals surface area contributed by atoms with Gasteiger partial charge in [0.25, 0.3) is 0 Å². The van der Waals surface area contributed by atoms with Crippen molar-refractivity contribution in [2.45, 2.75) is 19.8 Å². The molecule has 96 valence electrons. The Morgan fingerprint density at radius 2 is 2.05 bits per heavy atom. The molecule has 0 unspecified atom stereocenters. The van der Waals surface area contributed by atoms with Gasteiger partial charge in [-0.25, -0.2) is 0 Å². The highest BCUT2D eigenvalue weighted by molar-refractivity contribution is 5.92. The van der Waals surface area contributed by atoms with E-state index in [1.165, 1.54) is 18.2 Å². The van der Waals surface area contributed by atoms with Crippen molar-refractivity contribution < 1.29 is 4.79 Å². The molecular formula is C16H16N2O. The predicted molar refractivity (Wildman–Crippen MR) is 76.0 cm³/mol. The number of ketones is 1. The van der Waals surface area contributed by atoms with E-state index in [9.17, 15) is 4.79 Å². The Hall–Kier alpha value is -2.16. The number of fused-ring (bicyclic) bond motifs is 1. The smallest absolute Gasteiger partial charge is 0.178 e. The summed E-state index contributed by atoms with van der Waals surface area (Å²) in [6.45, 7) is 2.54. The standard InChI is InChI=1S/C16H16N2O/c1-12(19)15-9-8-14(11-17-15)18-10-4-6-13-5-2-3-7-16(13)18/h2-3,5,7-9,11H,4,6,10H2,1H3. The van der Waals surface area contributed by atoms with Crippen molar-refractivity contribution in [1.82, 2.24) is 4.98 Å². The number of carbonyl (C=O) groups is 1. The molecule has 0 atom stereocenters. The number of hydrogen-bond acceptors (Lipinski definition) is 3. The number of rotatable bonds is 2. The lowest BCUT2D eigenvalue weighted by atomic mass is 10.0. The van der Waals surface area contributed by atoms with E-state index >= 15 is 0 Å². The van der Waals surface area contributed by atoms with Crippen LogP contribution in [0.3, 0.4) is 0 Å². The minimum atomic E-state index is 0.00518. The maximum Gasteiger partial charge on any atom is 0.178 e. The van der Waals surface area contributed by atoms with Crippen LogP contribution in [-0.4, -0.2) is 17.3 Å². The zero-order chi connectivity index (χ0) is 13.2. The van der Waals surface area contributed by atoms with Crippen LogP contribution in [0, 0.1) is 0 Å². The Labute approximate surface area is 112 Å². The number of hydrogen-bond donors (Lipinski definition) is 0. The van der Waals surface area contributed by atoms with Crippen LogP contribution in [0.15, 0.2) is 42.6 Å². The van der Waals surface area contributed by atoms with Gasteiger partial charge in [-0.3, -0.25) is 9.78 Å². The highest BCUT2D eigenvalue weighted by Gasteiger charge is 2.17. The molecule has 1 aliphatic heterocycles. The molecule has 0 radical (unpaired) electrons. The van der Waals surface area contributed by atoms with Gasteiger partial charge in [-0.05, 0) is 36.6 Å². The van der Waals surface area contributed by atoms with Crippen molar-refractivity contribution in [3.05, 3.63) is 53.9 Å². The van der Waals surface area contributed by atoms with E-state index in [0.29, 0.717) is 5.69 Å². The summed E-state index contributed by atoms with van der Waals surface area (Å²) in [6, 6.07) is 12.3. The molecule has 0 fully saturated rings. The first-order chi connectivity index (χ1) is 9.25. The molecule has 1 aromatic carbocycles. The molecule has 3 nitrogen and oxygen atoms in total. The first-order valence-electron chi connectivity index (χ1n) is 6.58. The molecule has 2 aromatic rings. The van der Waals surface area contributed by atoms with Gasteiger partial charge in [0.05, 0.1) is 11.9 Å². The second-order valence-corrected chi connectivity index (χ2v) is 4.84. The van der Waals surface area contributed by atoms with Gasteiger partial charge in [0, 0.05) is 19.2 Å². The lowest BCUT2D eigenvalue weighted by Crippen LogP contribution is -2.24. The Kier molecular flexibility index (Phi) is 3.03. The fraction of sp³-hybridized carbons (Fsp3) is 0.250. The lowest BCUT2D eigenvalue weighted by molar-refractivity contribution is 0.101. The normalized spacial score (nSPS) is 14.1. The summed E-state index contributed by atoms with van der Waals surface area (Å²) in [5.41, 5.74) is 4.21. The SMILES string of the molecule is CC(=O)c1ccc(N2CCCc3ccccc32)cn1. The summed E-state index contributed by atoms with van der Waals surface area (Å²) < 4.78 is 0. The zero-order valence-corrected chi connectivity index (χ0v) is 11.0. The maximum atomic E-state index is 11.3. The van der Waals surface area contributed by atoms with Crippen molar-refractivity contribution >= 4 is 17.2 Å². The molecule has 3 rings (SSSR count). The summed E-state index contributed by atoms with van der Waals surface area (Å²) in [5.74, 6) is 0.00518. The number of aromatic nitrogens is 1. The fourth-order valence-electron chi connectivity index (χ4n) is 2.56. The molecule has 2 heterocycles. The van der Waals surface area contributed by atoms with Gasteiger partial charge in [-0.2, -0.15) is 0 Å². The van der Waals surface area contributed by atoms with Crippen LogP contribution < -0.4 is 4.90 Å². The molecule has 3 heteroatoms. The summed E-state index contributed by atoms with van der Waals surface area (Å²) in [6.07, 6.45) is 4.07. The number of carbonyl (C=O) groups excluding carboxylic acids is 1. The summed E-state index contributed by atoms with van der Waals surface area (Å²) in [4.78, 5) is 17.8. The van der Waals surface area contributed by atoms with E-state index in [0.717, 1.165) is 25.1 Å². The number of para-hydroxylation sites is 1. The van der Waals surface area contributed by atoms with Gasteiger partial charge in [0.2, 0.25) is 0 Å². The van der Waals surface area contributed by atoms with Crippen LogP contribution in [0.4, 0.5) is 11.4 Å². The Morgan fingerprint density at radius 3 is 2.79 bits per heavy atom. The topological polar surface area (TPSA) is 33.2 Å². The third-order valence-electron chi connectivity index (χ3n) is 3.53. The monoisotopic (exact) mass is 252 g/mol. The van der Waals surface area contributed by atoms with Gasteiger partial charge in [0.15, 0.2) is 5.78 Å². The molecule has 0 saturated carbocycles. The molecule has 0 saturated heterocycles. The van der Waals surface area contributed by atoms with Gasteiger partial charge < -0.3 is 4.90 Å². The van der Waals surface area contributed by atoms with Crippen LogP contribution in [0.1, 0.15) is 29.4 Å². The van der Waals surface area contributed by atoms with Gasteiger partial charge in [-0.15, -0.1) is 0 Å². The number of benzene rings is 1. The van der Waals surface area contributed by atoms with E-state index in [-0.39, 0.29) is 5.78 Å². The molecule has 0 aliphatic carbocycles. The summed E-state index contributed by atoms with van der Waals surface area (Å²) >= 11 is 0. The highest BCUT2D eigenvalue weighted by Crippen LogP contribution is 2.32. The fourth-order valence-corrected chi connectivity index (χ4v) is 2.56. The maximum absolute atomic E-state index is 11.3. The third kappa shape index (κ3) is 2.24. The van der Waals surface area contributed by atoms with Crippen LogP contribution >= 0.6 is 0 Å². The Balaban J connectivity index is 1.97. The molecule has 0 bridgehead atoms. The van der Waals surface area contributed by atoms with Gasteiger partial charge in [0.1, 0.15) is 5.69 Å². The molecule has 0 amide bonds. The lowest BCUT2D eigenvalue weighted by Gasteiger charge is -2.31. The van der Waals surface area contributed by atoms with Gasteiger partial charge in [-0.1, -0.05) is 18.2 Å². The third-order valence-corrected chi connectivity index (χ3v) is 3.53. The average molecular weight is 252 g/mol. The number of anilines is 2. The molecule has 0 N–H and O–H groups in total. The van der Waals surface area contributed by atoms with Crippen molar-refractivity contribution in [2.75, 3.05) is 11.4 Å². The quantitative estimate of drug-likeness (QED) is 0.768. The average Bonchev–Trinajstić information content (AvgIpc) is 2.47. The molecule has 1 aromatic heterocycles. The van der Waals surface area contributed by atoms with Crippen LogP contribution in [0.25, 0.3) is 0 Å². The van der Waals surface area contributed by atoms with Crippen molar-refractivity contribution in [2.24, 2.45) is 0 Å². The minimum absolute atomic E-state index is 0.00518. The van der Waals surface area contributed by atoms with Crippen molar-refractivity contribution in [3.8, 4) is 0 Å². The summed E-state index contributed by atoms with van der Waals surface area (Å²) in [7, 11) is 0. The first-order valence-corrected chi connectivity index (χ1v) is 6.58. The minimum Gasteiger partial charge on any atom is -0.340 e. The van der Waals surface area contributed by atoms with E-state index in [1.54, 1.807) is 12.3 Å². The number of Topliss-reactive ketones (excluding diaryl/α,β-unsaturated/α-hetero) is 1. The van der Waals surface area contributed by atoms with Crippen molar-refractivity contribution in [3.63, 3.8) is 0 Å². The van der Waals surface area contributed by atoms with E-state index < -0.39 is 0 Å². The zero-order valence-electron chi connectivity index (χ0n) is 11.0. The van der Waals surface area contributed by atoms with Crippen molar-refractivity contribution in [1.29, 1.82) is 0 Å². The second-order valence-electron chi connectivity index (χ2n) is 4.84. The molecular weight excluding hydrogens is 236 g/mol. The highest BCUT2D eigenvalue weighted by atomic mass is 16.1. The Morgan fingerprint density at radius 1 is 1.21 bits per heavy atom. The van der Waals surface area contributed by atoms with Crippen LogP contribution in [0.5, 0.6) is 0 Å². The van der Waals surface area contributed by atoms with Gasteiger partial charge >= 0.3 is 0 Å². The number of aryl methyl sites for hydroxylation is 1. The number of pyridine rings is 1. The predicted octanol–water partition coefficient (Wildman–Crippen LogP) is 3.37. The largest absolute Gasteiger partial charge is 0.340 e. The van der Waals surface area contributed by atoms with E-state index in [1.807, 2.05) is 6.07 Å².